The van der Waals surface area contributed by atoms with Crippen LogP contribution in [0.1, 0.15) is 5.56 Å². The van der Waals surface area contributed by atoms with E-state index in [9.17, 15) is 8.78 Å². The summed E-state index contributed by atoms with van der Waals surface area (Å²) in [6, 6.07) is 13.8. The molecule has 0 fully saturated rings. The number of anilines is 2. The van der Waals surface area contributed by atoms with E-state index in [-0.39, 0.29) is 10.9 Å². The average molecular weight is 409 g/mol. The summed E-state index contributed by atoms with van der Waals surface area (Å²) in [5, 5.41) is 10.9. The molecule has 9 heteroatoms. The Morgan fingerprint density at radius 2 is 2.00 bits per heavy atom. The molecule has 1 heterocycles. The zero-order valence-corrected chi connectivity index (χ0v) is 15.5. The molecule has 0 aliphatic carbocycles. The van der Waals surface area contributed by atoms with E-state index < -0.39 is 6.61 Å². The van der Waals surface area contributed by atoms with Crippen LogP contribution in [0.25, 0.3) is 0 Å². The second-order valence-corrected chi connectivity index (χ2v) is 6.35. The standard InChI is InChI=1S/C18H15ClF2N4OS/c19-13-5-3-4-12(8-13)10-25-11-14(9-22-25)23-18(27)24-15-6-1-2-7-16(15)26-17(20)21/h1-9,11,17H,10H2,(H2,23,24,27). The number of benzene rings is 2. The fourth-order valence-electron chi connectivity index (χ4n) is 2.39. The van der Waals surface area contributed by atoms with Gasteiger partial charge in [-0.05, 0) is 42.0 Å². The molecule has 0 atom stereocenters. The molecule has 0 aliphatic heterocycles. The SMILES string of the molecule is FC(F)Oc1ccccc1NC(=S)Nc1cnn(Cc2cccc(Cl)c2)c1. The number of thiocarbonyl (C=S) groups is 1. The lowest BCUT2D eigenvalue weighted by Gasteiger charge is -2.13. The van der Waals surface area contributed by atoms with Gasteiger partial charge in [-0.25, -0.2) is 0 Å². The van der Waals surface area contributed by atoms with E-state index in [1.807, 2.05) is 18.2 Å². The molecule has 3 aromatic rings. The molecule has 0 saturated heterocycles. The molecule has 0 bridgehead atoms. The van der Waals surface area contributed by atoms with Gasteiger partial charge in [-0.2, -0.15) is 13.9 Å². The summed E-state index contributed by atoms with van der Waals surface area (Å²) < 4.78 is 31.1. The number of ether oxygens (including phenoxy) is 1. The molecular formula is C18H15ClF2N4OS. The molecule has 27 heavy (non-hydrogen) atoms. The third-order valence-electron chi connectivity index (χ3n) is 3.48. The van der Waals surface area contributed by atoms with Crippen LogP contribution >= 0.6 is 23.8 Å². The van der Waals surface area contributed by atoms with Gasteiger partial charge in [0.2, 0.25) is 0 Å². The van der Waals surface area contributed by atoms with Crippen molar-refractivity contribution in [3.05, 3.63) is 71.5 Å². The summed E-state index contributed by atoms with van der Waals surface area (Å²) in [5.74, 6) is 0.00769. The predicted molar refractivity (Wildman–Crippen MR) is 106 cm³/mol. The average Bonchev–Trinajstić information content (AvgIpc) is 3.03. The van der Waals surface area contributed by atoms with Crippen LogP contribution in [-0.4, -0.2) is 21.5 Å². The van der Waals surface area contributed by atoms with Crippen molar-refractivity contribution in [1.82, 2.24) is 9.78 Å². The van der Waals surface area contributed by atoms with E-state index in [2.05, 4.69) is 20.5 Å². The molecule has 0 saturated carbocycles. The van der Waals surface area contributed by atoms with Gasteiger partial charge in [0, 0.05) is 11.2 Å². The lowest BCUT2D eigenvalue weighted by atomic mass is 10.2. The molecule has 140 valence electrons. The molecule has 0 spiro atoms. The Hall–Kier alpha value is -2.71. The van der Waals surface area contributed by atoms with Crippen molar-refractivity contribution in [2.24, 2.45) is 0 Å². The predicted octanol–water partition coefficient (Wildman–Crippen LogP) is 5.00. The number of nitrogens with one attached hydrogen (secondary N) is 2. The second kappa shape index (κ2) is 8.79. The number of halogens is 3. The number of nitrogens with zero attached hydrogens (tertiary/aromatic N) is 2. The summed E-state index contributed by atoms with van der Waals surface area (Å²) in [6.07, 6.45) is 3.39. The summed E-state index contributed by atoms with van der Waals surface area (Å²) in [5.41, 5.74) is 2.00. The van der Waals surface area contributed by atoms with Gasteiger partial charge >= 0.3 is 6.61 Å². The van der Waals surface area contributed by atoms with Gasteiger partial charge < -0.3 is 15.4 Å². The van der Waals surface area contributed by atoms with Gasteiger partial charge in [-0.15, -0.1) is 0 Å². The van der Waals surface area contributed by atoms with Crippen LogP contribution in [0.3, 0.4) is 0 Å². The number of hydrogen-bond donors (Lipinski definition) is 2. The summed E-state index contributed by atoms with van der Waals surface area (Å²) in [7, 11) is 0. The quantitative estimate of drug-likeness (QED) is 0.562. The molecular weight excluding hydrogens is 394 g/mol. The molecule has 0 aliphatic rings. The van der Waals surface area contributed by atoms with Gasteiger partial charge in [0.25, 0.3) is 0 Å². The summed E-state index contributed by atoms with van der Waals surface area (Å²) >= 11 is 11.2. The van der Waals surface area contributed by atoms with Crippen LogP contribution < -0.4 is 15.4 Å². The van der Waals surface area contributed by atoms with Gasteiger partial charge in [0.05, 0.1) is 24.1 Å². The highest BCUT2D eigenvalue weighted by molar-refractivity contribution is 7.80. The van der Waals surface area contributed by atoms with E-state index in [0.29, 0.717) is 22.9 Å². The van der Waals surface area contributed by atoms with E-state index in [1.54, 1.807) is 41.3 Å². The Morgan fingerprint density at radius 3 is 2.78 bits per heavy atom. The van der Waals surface area contributed by atoms with Crippen molar-refractivity contribution in [2.45, 2.75) is 13.2 Å². The molecule has 0 unspecified atom stereocenters. The maximum absolute atomic E-state index is 12.5. The second-order valence-electron chi connectivity index (χ2n) is 5.51. The number of hydrogen-bond acceptors (Lipinski definition) is 3. The maximum Gasteiger partial charge on any atom is 0.387 e. The molecule has 5 nitrogen and oxygen atoms in total. The number of aromatic nitrogens is 2. The van der Waals surface area contributed by atoms with Crippen LogP contribution in [0.4, 0.5) is 20.2 Å². The minimum atomic E-state index is -2.92. The summed E-state index contributed by atoms with van der Waals surface area (Å²) in [4.78, 5) is 0. The fraction of sp³-hybridized carbons (Fsp3) is 0.111. The monoisotopic (exact) mass is 408 g/mol. The van der Waals surface area contributed by atoms with Gasteiger partial charge in [-0.1, -0.05) is 35.9 Å². The van der Waals surface area contributed by atoms with Crippen molar-refractivity contribution in [1.29, 1.82) is 0 Å². The molecule has 0 amide bonds. The first-order valence-electron chi connectivity index (χ1n) is 7.88. The highest BCUT2D eigenvalue weighted by Crippen LogP contribution is 2.25. The van der Waals surface area contributed by atoms with Crippen molar-refractivity contribution in [3.63, 3.8) is 0 Å². The van der Waals surface area contributed by atoms with Crippen LogP contribution in [0.15, 0.2) is 60.9 Å². The zero-order chi connectivity index (χ0) is 19.2. The van der Waals surface area contributed by atoms with Crippen LogP contribution in [0.2, 0.25) is 5.02 Å². The third kappa shape index (κ3) is 5.63. The fourth-order valence-corrected chi connectivity index (χ4v) is 2.83. The van der Waals surface area contributed by atoms with Crippen molar-refractivity contribution < 1.29 is 13.5 Å². The largest absolute Gasteiger partial charge is 0.433 e. The third-order valence-corrected chi connectivity index (χ3v) is 3.92. The first-order valence-corrected chi connectivity index (χ1v) is 8.67. The van der Waals surface area contributed by atoms with Crippen LogP contribution in [0.5, 0.6) is 5.75 Å². The van der Waals surface area contributed by atoms with E-state index in [4.69, 9.17) is 23.8 Å². The van der Waals surface area contributed by atoms with Gasteiger partial charge in [0.1, 0.15) is 5.75 Å². The van der Waals surface area contributed by atoms with E-state index in [1.165, 1.54) is 6.07 Å². The highest BCUT2D eigenvalue weighted by Gasteiger charge is 2.10. The first kappa shape index (κ1) is 19.1. The van der Waals surface area contributed by atoms with Crippen molar-refractivity contribution in [3.8, 4) is 5.75 Å². The zero-order valence-electron chi connectivity index (χ0n) is 13.9. The Kier molecular flexibility index (Phi) is 6.20. The van der Waals surface area contributed by atoms with Gasteiger partial charge in [0.15, 0.2) is 5.11 Å². The number of rotatable bonds is 6. The molecule has 2 N–H and O–H groups in total. The van der Waals surface area contributed by atoms with E-state index >= 15 is 0 Å². The lowest BCUT2D eigenvalue weighted by Crippen LogP contribution is -2.19. The molecule has 0 radical (unpaired) electrons. The number of alkyl halides is 2. The topological polar surface area (TPSA) is 51.1 Å². The minimum absolute atomic E-state index is 0.00769. The van der Waals surface area contributed by atoms with Crippen LogP contribution in [0, 0.1) is 0 Å². The Labute approximate surface area is 164 Å². The Morgan fingerprint density at radius 1 is 1.19 bits per heavy atom. The van der Waals surface area contributed by atoms with Crippen molar-refractivity contribution >= 4 is 40.3 Å². The normalized spacial score (nSPS) is 10.7. The summed E-state index contributed by atoms with van der Waals surface area (Å²) in [6.45, 7) is -2.37. The molecule has 2 aromatic carbocycles. The maximum atomic E-state index is 12.5. The number of para-hydroxylation sites is 2. The van der Waals surface area contributed by atoms with Gasteiger partial charge in [-0.3, -0.25) is 4.68 Å². The molecule has 3 rings (SSSR count). The van der Waals surface area contributed by atoms with E-state index in [0.717, 1.165) is 5.56 Å². The molecule has 1 aromatic heterocycles. The van der Waals surface area contributed by atoms with Crippen LogP contribution in [-0.2, 0) is 6.54 Å². The Bertz CT molecular complexity index is 935. The lowest BCUT2D eigenvalue weighted by molar-refractivity contribution is -0.0493. The Balaban J connectivity index is 1.61. The highest BCUT2D eigenvalue weighted by atomic mass is 35.5. The smallest absolute Gasteiger partial charge is 0.387 e. The van der Waals surface area contributed by atoms with Crippen molar-refractivity contribution in [2.75, 3.05) is 10.6 Å². The minimum Gasteiger partial charge on any atom is -0.433 e. The first-order chi connectivity index (χ1) is 13.0.